The van der Waals surface area contributed by atoms with Crippen molar-refractivity contribution in [3.8, 4) is 0 Å². The van der Waals surface area contributed by atoms with Crippen molar-refractivity contribution < 1.29 is 17.5 Å². The molecule has 0 radical (unpaired) electrons. The molecule has 1 fully saturated rings. The maximum Gasteiger partial charge on any atom is 0.243 e. The largest absolute Gasteiger partial charge is 0.735 e. The molecule has 6 nitrogen and oxygen atoms in total. The molecule has 132 valence electrons. The van der Waals surface area contributed by atoms with E-state index in [4.69, 9.17) is 0 Å². The monoisotopic (exact) mass is 343 g/mol. The van der Waals surface area contributed by atoms with E-state index < -0.39 is 10.3 Å². The summed E-state index contributed by atoms with van der Waals surface area (Å²) in [6, 6.07) is -0.201. The minimum absolute atomic E-state index is 0.201. The van der Waals surface area contributed by atoms with Crippen LogP contribution in [0.25, 0.3) is 0 Å². The van der Waals surface area contributed by atoms with Gasteiger partial charge in [0, 0.05) is 6.54 Å². The van der Waals surface area contributed by atoms with Gasteiger partial charge in [-0.05, 0) is 25.7 Å². The van der Waals surface area contributed by atoms with Gasteiger partial charge in [-0.15, -0.1) is 0 Å². The molecule has 2 heterocycles. The van der Waals surface area contributed by atoms with Crippen molar-refractivity contribution in [1.82, 2.24) is 8.87 Å². The Hall–Kier alpha value is -0.920. The number of aryl methyl sites for hydroxylation is 1. The van der Waals surface area contributed by atoms with Gasteiger partial charge in [0.05, 0.1) is 12.6 Å². The average Bonchev–Trinajstić information content (AvgIpc) is 3.12. The molecule has 0 aromatic carbocycles. The van der Waals surface area contributed by atoms with Crippen LogP contribution in [0.2, 0.25) is 0 Å². The van der Waals surface area contributed by atoms with Crippen molar-refractivity contribution in [3.05, 3.63) is 18.7 Å². The van der Waals surface area contributed by atoms with Crippen LogP contribution >= 0.6 is 0 Å². The van der Waals surface area contributed by atoms with E-state index in [0.717, 1.165) is 23.7 Å². The molecule has 1 atom stereocenters. The van der Waals surface area contributed by atoms with Crippen LogP contribution in [-0.2, 0) is 23.4 Å². The Morgan fingerprint density at radius 2 is 1.96 bits per heavy atom. The first-order valence-electron chi connectivity index (χ1n) is 8.78. The molecule has 1 aromatic rings. The van der Waals surface area contributed by atoms with E-state index in [-0.39, 0.29) is 6.04 Å². The smallest absolute Gasteiger partial charge is 0.243 e. The van der Waals surface area contributed by atoms with Crippen molar-refractivity contribution in [1.29, 1.82) is 0 Å². The summed E-state index contributed by atoms with van der Waals surface area (Å²) in [7, 11) is -4.33. The van der Waals surface area contributed by atoms with Crippen molar-refractivity contribution in [2.24, 2.45) is 0 Å². The van der Waals surface area contributed by atoms with Gasteiger partial charge < -0.3 is 4.55 Å². The van der Waals surface area contributed by atoms with Crippen LogP contribution in [0.1, 0.15) is 58.3 Å². The molecule has 0 N–H and O–H groups in total. The Morgan fingerprint density at radius 1 is 1.22 bits per heavy atom. The van der Waals surface area contributed by atoms with Crippen molar-refractivity contribution in [3.63, 3.8) is 0 Å². The van der Waals surface area contributed by atoms with Crippen LogP contribution < -0.4 is 4.57 Å². The first kappa shape index (κ1) is 18.4. The maximum atomic E-state index is 11.2. The third-order valence-corrected chi connectivity index (χ3v) is 5.60. The van der Waals surface area contributed by atoms with E-state index in [2.05, 4.69) is 11.5 Å². The molecule has 0 amide bonds. The maximum absolute atomic E-state index is 11.2. The third-order valence-electron chi connectivity index (χ3n) is 4.55. The highest BCUT2D eigenvalue weighted by molar-refractivity contribution is 7.83. The van der Waals surface area contributed by atoms with E-state index in [1.807, 2.05) is 23.3 Å². The zero-order valence-corrected chi connectivity index (χ0v) is 14.9. The highest BCUT2D eigenvalue weighted by Crippen LogP contribution is 2.20. The van der Waals surface area contributed by atoms with E-state index in [1.165, 1.54) is 38.5 Å². The predicted octanol–water partition coefficient (Wildman–Crippen LogP) is 2.06. The van der Waals surface area contributed by atoms with Crippen LogP contribution in [0, 0.1) is 0 Å². The highest BCUT2D eigenvalue weighted by atomic mass is 32.2. The number of unbranched alkanes of at least 4 members (excludes halogenated alkanes) is 5. The summed E-state index contributed by atoms with van der Waals surface area (Å²) in [5, 5.41) is 0. The minimum Gasteiger partial charge on any atom is -0.735 e. The Balaban J connectivity index is 1.76. The Bertz CT molecular complexity index is 571. The van der Waals surface area contributed by atoms with Crippen LogP contribution in [0.4, 0.5) is 0 Å². The fourth-order valence-corrected chi connectivity index (χ4v) is 4.17. The summed E-state index contributed by atoms with van der Waals surface area (Å²) in [5.41, 5.74) is 0. The van der Waals surface area contributed by atoms with E-state index in [1.54, 1.807) is 0 Å². The average molecular weight is 343 g/mol. The minimum atomic E-state index is -4.33. The summed E-state index contributed by atoms with van der Waals surface area (Å²) >= 11 is 0. The molecule has 1 aliphatic heterocycles. The fraction of sp³-hybridized carbons (Fsp3) is 0.812. The highest BCUT2D eigenvalue weighted by Gasteiger charge is 2.30. The quantitative estimate of drug-likeness (QED) is 0.371. The molecule has 0 bridgehead atoms. The molecule has 7 heteroatoms. The van der Waals surface area contributed by atoms with Crippen molar-refractivity contribution >= 4 is 10.3 Å². The van der Waals surface area contributed by atoms with Gasteiger partial charge in [0.15, 0.2) is 10.3 Å². The fourth-order valence-electron chi connectivity index (χ4n) is 3.28. The van der Waals surface area contributed by atoms with E-state index in [9.17, 15) is 13.0 Å². The second-order valence-corrected chi connectivity index (χ2v) is 7.80. The predicted molar refractivity (Wildman–Crippen MR) is 87.4 cm³/mol. The summed E-state index contributed by atoms with van der Waals surface area (Å²) in [5.74, 6) is 0. The Labute approximate surface area is 140 Å². The number of imidazole rings is 1. The molecule has 1 aliphatic rings. The Morgan fingerprint density at radius 3 is 2.70 bits per heavy atom. The van der Waals surface area contributed by atoms with Crippen LogP contribution in [-0.4, -0.2) is 34.4 Å². The zero-order chi connectivity index (χ0) is 16.7. The molecular weight excluding hydrogens is 314 g/mol. The van der Waals surface area contributed by atoms with Gasteiger partial charge >= 0.3 is 0 Å². The zero-order valence-electron chi connectivity index (χ0n) is 14.1. The summed E-state index contributed by atoms with van der Waals surface area (Å²) < 4.78 is 39.0. The first-order chi connectivity index (χ1) is 11.0. The standard InChI is InChI=1S/C16H29N3O3S/c1-2-3-4-5-6-7-10-17-12-13-18(15-17)14-16-9-8-11-19(16)23(20,21)22/h12-13,15-16H,2-11,14H2,1H3/t16-/m0/s1. The third kappa shape index (κ3) is 5.90. The number of hydrogen-bond donors (Lipinski definition) is 0. The second-order valence-electron chi connectivity index (χ2n) is 6.48. The lowest BCUT2D eigenvalue weighted by Crippen LogP contribution is -2.46. The van der Waals surface area contributed by atoms with Crippen LogP contribution in [0.15, 0.2) is 18.7 Å². The van der Waals surface area contributed by atoms with Gasteiger partial charge in [0.2, 0.25) is 6.33 Å². The molecule has 0 spiro atoms. The summed E-state index contributed by atoms with van der Waals surface area (Å²) in [6.45, 7) is 4.13. The molecular formula is C16H29N3O3S. The SMILES string of the molecule is CCCCCCCCn1cc[n+](C[C@@H]2CCCN2S(=O)(=O)[O-])c1. The van der Waals surface area contributed by atoms with Crippen LogP contribution in [0.5, 0.6) is 0 Å². The molecule has 1 aromatic heterocycles. The molecule has 2 rings (SSSR count). The van der Waals surface area contributed by atoms with E-state index >= 15 is 0 Å². The second kappa shape index (κ2) is 8.80. The molecule has 0 aliphatic carbocycles. The summed E-state index contributed by atoms with van der Waals surface area (Å²) in [4.78, 5) is 0. The van der Waals surface area contributed by atoms with Gasteiger partial charge in [-0.1, -0.05) is 32.6 Å². The Kier molecular flexibility index (Phi) is 7.05. The van der Waals surface area contributed by atoms with E-state index in [0.29, 0.717) is 13.1 Å². The van der Waals surface area contributed by atoms with Crippen LogP contribution in [0.3, 0.4) is 0 Å². The number of rotatable bonds is 10. The lowest BCUT2D eigenvalue weighted by Gasteiger charge is -2.25. The lowest BCUT2D eigenvalue weighted by atomic mass is 10.1. The molecule has 0 unspecified atom stereocenters. The molecule has 1 saturated heterocycles. The van der Waals surface area contributed by atoms with Crippen molar-refractivity contribution in [2.75, 3.05) is 6.54 Å². The normalized spacial score (nSPS) is 19.5. The first-order valence-corrected chi connectivity index (χ1v) is 10.1. The summed E-state index contributed by atoms with van der Waals surface area (Å²) in [6.07, 6.45) is 15.2. The molecule has 23 heavy (non-hydrogen) atoms. The topological polar surface area (TPSA) is 69.2 Å². The number of hydrogen-bond acceptors (Lipinski definition) is 3. The lowest BCUT2D eigenvalue weighted by molar-refractivity contribution is -0.699. The van der Waals surface area contributed by atoms with Gasteiger partial charge in [-0.3, -0.25) is 0 Å². The van der Waals surface area contributed by atoms with Crippen molar-refractivity contribution in [2.45, 2.75) is 77.4 Å². The molecule has 0 saturated carbocycles. The van der Waals surface area contributed by atoms with Gasteiger partial charge in [-0.2, -0.15) is 0 Å². The number of aromatic nitrogens is 2. The van der Waals surface area contributed by atoms with Gasteiger partial charge in [-0.25, -0.2) is 21.9 Å². The number of nitrogens with zero attached hydrogens (tertiary/aromatic N) is 3. The van der Waals surface area contributed by atoms with Gasteiger partial charge in [0.25, 0.3) is 0 Å². The van der Waals surface area contributed by atoms with Gasteiger partial charge in [0.1, 0.15) is 18.9 Å².